The van der Waals surface area contributed by atoms with Crippen molar-refractivity contribution < 1.29 is 20.1 Å². The van der Waals surface area contributed by atoms with Crippen LogP contribution in [-0.4, -0.2) is 85.0 Å². The highest BCUT2D eigenvalue weighted by Gasteiger charge is 2.31. The molecule has 1 atom stereocenters. The molecular formula is C43H48N8O4. The molecule has 1 unspecified atom stereocenters. The number of anilines is 2. The molecule has 6 N–H and O–H groups in total. The maximum atomic E-state index is 12.3. The number of carbonyl (C=O) groups excluding carboxylic acids is 1. The number of aliphatic hydroxyl groups is 1. The molecular weight excluding hydrogens is 693 g/mol. The quantitative estimate of drug-likeness (QED) is 0.127. The standard InChI is InChI=1S/C24H28N4O3.C19H20N4O/c1-3-24(2,31)23(30)25-16-12-14-28(15-13-16)22-17-8-4-6-10-19(17)26-21(27-22)18-9-5-7-11-20(18)29;20-13-9-11-23(12-10-13)19-14-5-1-3-7-16(14)21-18(22-19)15-6-2-4-8-17(15)24/h4-11,16,29,31H,3,12-15H2,1-2H3,(H,25,30);1-8,13,24H,9-12,20H2. The van der Waals surface area contributed by atoms with Crippen molar-refractivity contribution in [1.82, 2.24) is 25.3 Å². The molecule has 2 aliphatic heterocycles. The molecule has 55 heavy (non-hydrogen) atoms. The minimum absolute atomic E-state index is 0.0208. The Morgan fingerprint density at radius 1 is 0.691 bits per heavy atom. The largest absolute Gasteiger partial charge is 0.507 e. The summed E-state index contributed by atoms with van der Waals surface area (Å²) in [6, 6.07) is 30.4. The molecule has 8 rings (SSSR count). The highest BCUT2D eigenvalue weighted by atomic mass is 16.3. The Morgan fingerprint density at radius 2 is 1.11 bits per heavy atom. The summed E-state index contributed by atoms with van der Waals surface area (Å²) in [7, 11) is 0. The van der Waals surface area contributed by atoms with Gasteiger partial charge in [0.2, 0.25) is 0 Å². The Kier molecular flexibility index (Phi) is 11.1. The molecule has 12 heteroatoms. The molecule has 0 aliphatic carbocycles. The van der Waals surface area contributed by atoms with Gasteiger partial charge in [0.1, 0.15) is 28.7 Å². The third-order valence-corrected chi connectivity index (χ3v) is 10.6. The van der Waals surface area contributed by atoms with Gasteiger partial charge < -0.3 is 36.2 Å². The Morgan fingerprint density at radius 3 is 1.56 bits per heavy atom. The van der Waals surface area contributed by atoms with Crippen molar-refractivity contribution in [2.75, 3.05) is 36.0 Å². The second kappa shape index (κ2) is 16.3. The highest BCUT2D eigenvalue weighted by Crippen LogP contribution is 2.34. The Balaban J connectivity index is 0.000000174. The number of phenols is 2. The van der Waals surface area contributed by atoms with Crippen LogP contribution in [0.2, 0.25) is 0 Å². The molecule has 2 aromatic heterocycles. The Hall–Kier alpha value is -5.85. The highest BCUT2D eigenvalue weighted by molar-refractivity contribution is 5.92. The van der Waals surface area contributed by atoms with Gasteiger partial charge in [0.25, 0.3) is 5.91 Å². The molecule has 0 saturated carbocycles. The number of fused-ring (bicyclic) bond motifs is 2. The van der Waals surface area contributed by atoms with E-state index in [1.54, 1.807) is 38.1 Å². The first-order valence-electron chi connectivity index (χ1n) is 19.0. The fraction of sp³-hybridized carbons (Fsp3) is 0.326. The smallest absolute Gasteiger partial charge is 0.251 e. The number of aromatic hydroxyl groups is 2. The van der Waals surface area contributed by atoms with E-state index in [2.05, 4.69) is 25.1 Å². The zero-order valence-corrected chi connectivity index (χ0v) is 31.3. The van der Waals surface area contributed by atoms with E-state index in [1.807, 2.05) is 72.8 Å². The van der Waals surface area contributed by atoms with Gasteiger partial charge in [-0.25, -0.2) is 19.9 Å². The number of hydrogen-bond donors (Lipinski definition) is 5. The fourth-order valence-corrected chi connectivity index (χ4v) is 7.02. The Bertz CT molecular complexity index is 2280. The lowest BCUT2D eigenvalue weighted by molar-refractivity contribution is -0.139. The first-order valence-corrected chi connectivity index (χ1v) is 19.0. The number of nitrogens with zero attached hydrogens (tertiary/aromatic N) is 6. The van der Waals surface area contributed by atoms with Gasteiger partial charge in [-0.1, -0.05) is 55.5 Å². The van der Waals surface area contributed by atoms with Crippen molar-refractivity contribution in [3.05, 3.63) is 97.1 Å². The number of aromatic nitrogens is 4. The monoisotopic (exact) mass is 740 g/mol. The molecule has 12 nitrogen and oxygen atoms in total. The number of nitrogens with one attached hydrogen (secondary N) is 1. The molecule has 4 aromatic carbocycles. The number of para-hydroxylation sites is 4. The third-order valence-electron chi connectivity index (χ3n) is 10.6. The fourth-order valence-electron chi connectivity index (χ4n) is 7.02. The maximum Gasteiger partial charge on any atom is 0.251 e. The molecule has 0 radical (unpaired) electrons. The summed E-state index contributed by atoms with van der Waals surface area (Å²) < 4.78 is 0. The second-order valence-electron chi connectivity index (χ2n) is 14.5. The average molecular weight is 741 g/mol. The number of phenolic OH excluding ortho intramolecular Hbond substituents is 2. The summed E-state index contributed by atoms with van der Waals surface area (Å²) in [5.74, 6) is 2.81. The molecule has 2 aliphatic rings. The van der Waals surface area contributed by atoms with Gasteiger partial charge in [0.05, 0.1) is 22.2 Å². The third kappa shape index (κ3) is 8.30. The van der Waals surface area contributed by atoms with E-state index >= 15 is 0 Å². The van der Waals surface area contributed by atoms with E-state index in [1.165, 1.54) is 0 Å². The van der Waals surface area contributed by atoms with Crippen LogP contribution < -0.4 is 20.9 Å². The summed E-state index contributed by atoms with van der Waals surface area (Å²) in [6.07, 6.45) is 3.82. The first kappa shape index (κ1) is 37.5. The summed E-state index contributed by atoms with van der Waals surface area (Å²) >= 11 is 0. The lowest BCUT2D eigenvalue weighted by Gasteiger charge is -2.35. The summed E-state index contributed by atoms with van der Waals surface area (Å²) in [6.45, 7) is 6.57. The van der Waals surface area contributed by atoms with E-state index in [-0.39, 0.29) is 29.5 Å². The van der Waals surface area contributed by atoms with Gasteiger partial charge in [-0.05, 0) is 87.6 Å². The molecule has 284 valence electrons. The molecule has 1 amide bonds. The zero-order chi connectivity index (χ0) is 38.5. The van der Waals surface area contributed by atoms with Crippen molar-refractivity contribution in [2.24, 2.45) is 5.73 Å². The van der Waals surface area contributed by atoms with Crippen LogP contribution in [0.5, 0.6) is 11.5 Å². The van der Waals surface area contributed by atoms with Crippen LogP contribution in [0.1, 0.15) is 46.0 Å². The van der Waals surface area contributed by atoms with Crippen molar-refractivity contribution >= 4 is 39.3 Å². The second-order valence-corrected chi connectivity index (χ2v) is 14.5. The lowest BCUT2D eigenvalue weighted by Crippen LogP contribution is -2.51. The minimum atomic E-state index is -1.34. The predicted molar refractivity (Wildman–Crippen MR) is 217 cm³/mol. The SMILES string of the molecule is CCC(C)(O)C(=O)NC1CCN(c2nc(-c3ccccc3O)nc3ccccc23)CC1.NC1CCN(c2nc(-c3ccccc3O)nc3ccccc23)CC1. The van der Waals surface area contributed by atoms with E-state index in [0.717, 1.165) is 85.3 Å². The molecule has 2 saturated heterocycles. The van der Waals surface area contributed by atoms with E-state index in [9.17, 15) is 20.1 Å². The first-order chi connectivity index (χ1) is 26.6. The Labute approximate surface area is 320 Å². The molecule has 0 bridgehead atoms. The normalized spacial score (nSPS) is 16.4. The van der Waals surface area contributed by atoms with Crippen LogP contribution in [0.3, 0.4) is 0 Å². The van der Waals surface area contributed by atoms with E-state index in [4.69, 9.17) is 15.7 Å². The summed E-state index contributed by atoms with van der Waals surface area (Å²) in [5.41, 5.74) is 7.65. The van der Waals surface area contributed by atoms with Crippen LogP contribution in [-0.2, 0) is 4.79 Å². The van der Waals surface area contributed by atoms with Crippen LogP contribution in [0.4, 0.5) is 11.6 Å². The minimum Gasteiger partial charge on any atom is -0.507 e. The number of carbonyl (C=O) groups is 1. The molecule has 4 heterocycles. The van der Waals surface area contributed by atoms with Gasteiger partial charge >= 0.3 is 0 Å². The average Bonchev–Trinajstić information content (AvgIpc) is 3.21. The van der Waals surface area contributed by atoms with Gasteiger partial charge in [0, 0.05) is 49.0 Å². The van der Waals surface area contributed by atoms with E-state index in [0.29, 0.717) is 29.2 Å². The van der Waals surface area contributed by atoms with Crippen molar-refractivity contribution in [2.45, 2.75) is 63.6 Å². The number of amides is 1. The zero-order valence-electron chi connectivity index (χ0n) is 31.3. The summed E-state index contributed by atoms with van der Waals surface area (Å²) in [5, 5.41) is 35.6. The number of piperidine rings is 2. The van der Waals surface area contributed by atoms with Crippen LogP contribution in [0.25, 0.3) is 44.6 Å². The molecule has 2 fully saturated rings. The number of rotatable bonds is 7. The summed E-state index contributed by atoms with van der Waals surface area (Å²) in [4.78, 5) is 35.7. The number of hydrogen-bond acceptors (Lipinski definition) is 11. The van der Waals surface area contributed by atoms with E-state index < -0.39 is 5.60 Å². The number of benzene rings is 4. The lowest BCUT2D eigenvalue weighted by atomic mass is 9.99. The van der Waals surface area contributed by atoms with Gasteiger partial charge in [0.15, 0.2) is 11.6 Å². The molecule has 6 aromatic rings. The van der Waals surface area contributed by atoms with Crippen molar-refractivity contribution in [3.63, 3.8) is 0 Å². The van der Waals surface area contributed by atoms with Crippen molar-refractivity contribution in [1.29, 1.82) is 0 Å². The van der Waals surface area contributed by atoms with Gasteiger partial charge in [-0.3, -0.25) is 4.79 Å². The van der Waals surface area contributed by atoms with Crippen LogP contribution in [0.15, 0.2) is 97.1 Å². The molecule has 0 spiro atoms. The maximum absolute atomic E-state index is 12.3. The topological polar surface area (TPSA) is 174 Å². The number of nitrogens with two attached hydrogens (primary N) is 1. The van der Waals surface area contributed by atoms with Crippen molar-refractivity contribution in [3.8, 4) is 34.3 Å². The van der Waals surface area contributed by atoms with Gasteiger partial charge in [-0.15, -0.1) is 0 Å². The van der Waals surface area contributed by atoms with Gasteiger partial charge in [-0.2, -0.15) is 0 Å². The predicted octanol–water partition coefficient (Wildman–Crippen LogP) is 6.18. The van der Waals surface area contributed by atoms with Crippen LogP contribution >= 0.6 is 0 Å². The van der Waals surface area contributed by atoms with Crippen LogP contribution in [0, 0.1) is 0 Å².